The summed E-state index contributed by atoms with van der Waals surface area (Å²) >= 11 is 0. The molecule has 1 aromatic carbocycles. The van der Waals surface area contributed by atoms with Gasteiger partial charge in [0.25, 0.3) is 0 Å². The smallest absolute Gasteiger partial charge is 0.234 e. The van der Waals surface area contributed by atoms with E-state index in [2.05, 4.69) is 59.6 Å². The highest BCUT2D eigenvalue weighted by molar-refractivity contribution is 5.78. The van der Waals surface area contributed by atoms with Crippen LogP contribution in [-0.2, 0) is 11.3 Å². The van der Waals surface area contributed by atoms with E-state index in [-0.39, 0.29) is 5.91 Å². The molecule has 138 valence electrons. The number of aromatic nitrogens is 5. The Labute approximate surface area is 157 Å². The topological polar surface area (TPSA) is 99.7 Å². The van der Waals surface area contributed by atoms with E-state index in [0.717, 1.165) is 19.5 Å². The van der Waals surface area contributed by atoms with Crippen molar-refractivity contribution in [2.45, 2.75) is 18.9 Å². The van der Waals surface area contributed by atoms with E-state index in [9.17, 15) is 4.79 Å². The Morgan fingerprint density at radius 3 is 2.96 bits per heavy atom. The number of aromatic amines is 1. The molecule has 1 saturated heterocycles. The van der Waals surface area contributed by atoms with E-state index in [1.165, 1.54) is 5.56 Å². The SMILES string of the molecule is O=C(CN1CC[C@@H](c2ccccc2)C1)NCc1nc(-c2cnccn2)n[nH]1. The molecule has 1 amide bonds. The number of H-pyrrole nitrogens is 1. The van der Waals surface area contributed by atoms with Crippen molar-refractivity contribution in [1.29, 1.82) is 0 Å². The first kappa shape index (κ1) is 17.3. The Morgan fingerprint density at radius 2 is 2.15 bits per heavy atom. The number of hydrogen-bond donors (Lipinski definition) is 2. The highest BCUT2D eigenvalue weighted by atomic mass is 16.2. The monoisotopic (exact) mass is 363 g/mol. The van der Waals surface area contributed by atoms with Crippen LogP contribution in [0.1, 0.15) is 23.7 Å². The Balaban J connectivity index is 1.25. The van der Waals surface area contributed by atoms with Crippen LogP contribution in [0.3, 0.4) is 0 Å². The zero-order valence-electron chi connectivity index (χ0n) is 14.9. The first-order valence-electron chi connectivity index (χ1n) is 8.99. The second-order valence-electron chi connectivity index (χ2n) is 6.60. The zero-order valence-corrected chi connectivity index (χ0v) is 14.9. The summed E-state index contributed by atoms with van der Waals surface area (Å²) in [4.78, 5) is 26.9. The summed E-state index contributed by atoms with van der Waals surface area (Å²) in [7, 11) is 0. The van der Waals surface area contributed by atoms with Gasteiger partial charge in [-0.05, 0) is 24.4 Å². The summed E-state index contributed by atoms with van der Waals surface area (Å²) in [5.41, 5.74) is 1.94. The molecule has 3 heterocycles. The second-order valence-corrected chi connectivity index (χ2v) is 6.60. The Bertz CT molecular complexity index is 881. The third kappa shape index (κ3) is 4.35. The van der Waals surface area contributed by atoms with Crippen LogP contribution in [0.4, 0.5) is 0 Å². The molecule has 2 aromatic heterocycles. The normalized spacial score (nSPS) is 17.1. The number of nitrogens with one attached hydrogen (secondary N) is 2. The molecule has 8 nitrogen and oxygen atoms in total. The number of carbonyl (C=O) groups is 1. The van der Waals surface area contributed by atoms with Crippen molar-refractivity contribution in [1.82, 2.24) is 35.4 Å². The molecule has 1 aliphatic rings. The molecule has 4 rings (SSSR count). The predicted octanol–water partition coefficient (Wildman–Crippen LogP) is 1.37. The largest absolute Gasteiger partial charge is 0.348 e. The molecule has 1 fully saturated rings. The first-order chi connectivity index (χ1) is 13.3. The Hall–Kier alpha value is -3.13. The summed E-state index contributed by atoms with van der Waals surface area (Å²) in [6, 6.07) is 10.5. The van der Waals surface area contributed by atoms with E-state index in [1.807, 2.05) is 6.07 Å². The summed E-state index contributed by atoms with van der Waals surface area (Å²) < 4.78 is 0. The van der Waals surface area contributed by atoms with Crippen molar-refractivity contribution in [3.63, 3.8) is 0 Å². The predicted molar refractivity (Wildman–Crippen MR) is 99.5 cm³/mol. The van der Waals surface area contributed by atoms with Crippen LogP contribution in [0.15, 0.2) is 48.9 Å². The van der Waals surface area contributed by atoms with Gasteiger partial charge in [0, 0.05) is 18.9 Å². The van der Waals surface area contributed by atoms with Crippen LogP contribution < -0.4 is 5.32 Å². The number of hydrogen-bond acceptors (Lipinski definition) is 6. The molecule has 2 N–H and O–H groups in total. The lowest BCUT2D eigenvalue weighted by molar-refractivity contribution is -0.122. The van der Waals surface area contributed by atoms with Gasteiger partial charge in [-0.2, -0.15) is 5.10 Å². The second kappa shape index (κ2) is 8.05. The van der Waals surface area contributed by atoms with Crippen molar-refractivity contribution < 1.29 is 4.79 Å². The number of rotatable bonds is 6. The van der Waals surface area contributed by atoms with Gasteiger partial charge in [0.15, 0.2) is 0 Å². The van der Waals surface area contributed by atoms with Crippen LogP contribution in [0.5, 0.6) is 0 Å². The average Bonchev–Trinajstić information content (AvgIpc) is 3.37. The van der Waals surface area contributed by atoms with E-state index in [4.69, 9.17) is 0 Å². The van der Waals surface area contributed by atoms with Gasteiger partial charge in [-0.25, -0.2) is 9.97 Å². The van der Waals surface area contributed by atoms with Crippen LogP contribution in [-0.4, -0.2) is 55.6 Å². The number of likely N-dealkylation sites (tertiary alicyclic amines) is 1. The quantitative estimate of drug-likeness (QED) is 0.686. The minimum absolute atomic E-state index is 0.0128. The van der Waals surface area contributed by atoms with Gasteiger partial charge in [0.05, 0.1) is 19.3 Å². The fourth-order valence-corrected chi connectivity index (χ4v) is 3.32. The summed E-state index contributed by atoms with van der Waals surface area (Å²) in [5.74, 6) is 1.55. The Kier molecular flexibility index (Phi) is 5.15. The van der Waals surface area contributed by atoms with E-state index in [1.54, 1.807) is 18.6 Å². The molecule has 8 heteroatoms. The number of carbonyl (C=O) groups excluding carboxylic acids is 1. The average molecular weight is 363 g/mol. The molecule has 3 aromatic rings. The van der Waals surface area contributed by atoms with E-state index >= 15 is 0 Å². The van der Waals surface area contributed by atoms with Crippen molar-refractivity contribution in [2.24, 2.45) is 0 Å². The van der Waals surface area contributed by atoms with Gasteiger partial charge in [0.2, 0.25) is 11.7 Å². The molecule has 1 atom stereocenters. The summed E-state index contributed by atoms with van der Waals surface area (Å²) in [5, 5.41) is 9.83. The summed E-state index contributed by atoms with van der Waals surface area (Å²) in [6.07, 6.45) is 5.87. The van der Waals surface area contributed by atoms with E-state index < -0.39 is 0 Å². The molecule has 0 bridgehead atoms. The van der Waals surface area contributed by atoms with Crippen LogP contribution in [0.2, 0.25) is 0 Å². The molecule has 0 aliphatic carbocycles. The first-order valence-corrected chi connectivity index (χ1v) is 8.99. The highest BCUT2D eigenvalue weighted by Gasteiger charge is 2.25. The molecule has 0 saturated carbocycles. The zero-order chi connectivity index (χ0) is 18.5. The van der Waals surface area contributed by atoms with Gasteiger partial charge in [-0.3, -0.25) is 19.8 Å². The molecule has 0 spiro atoms. The van der Waals surface area contributed by atoms with Gasteiger partial charge < -0.3 is 5.32 Å². The van der Waals surface area contributed by atoms with Crippen LogP contribution in [0, 0.1) is 0 Å². The maximum Gasteiger partial charge on any atom is 0.234 e. The van der Waals surface area contributed by atoms with Crippen molar-refractivity contribution in [3.05, 3.63) is 60.3 Å². The lowest BCUT2D eigenvalue weighted by Gasteiger charge is -2.15. The van der Waals surface area contributed by atoms with Crippen LogP contribution >= 0.6 is 0 Å². The highest BCUT2D eigenvalue weighted by Crippen LogP contribution is 2.26. The van der Waals surface area contributed by atoms with E-state index in [0.29, 0.717) is 36.4 Å². The van der Waals surface area contributed by atoms with Crippen molar-refractivity contribution >= 4 is 5.91 Å². The van der Waals surface area contributed by atoms with Crippen molar-refractivity contribution in [3.8, 4) is 11.5 Å². The van der Waals surface area contributed by atoms with Gasteiger partial charge in [0.1, 0.15) is 11.5 Å². The molecule has 0 radical (unpaired) electrons. The Morgan fingerprint density at radius 1 is 1.26 bits per heavy atom. The molecule has 0 unspecified atom stereocenters. The fourth-order valence-electron chi connectivity index (χ4n) is 3.32. The fraction of sp³-hybridized carbons (Fsp3) is 0.316. The minimum Gasteiger partial charge on any atom is -0.348 e. The van der Waals surface area contributed by atoms with Gasteiger partial charge >= 0.3 is 0 Å². The third-order valence-electron chi connectivity index (χ3n) is 4.69. The van der Waals surface area contributed by atoms with Gasteiger partial charge in [-0.1, -0.05) is 30.3 Å². The molecular weight excluding hydrogens is 342 g/mol. The third-order valence-corrected chi connectivity index (χ3v) is 4.69. The van der Waals surface area contributed by atoms with Crippen molar-refractivity contribution in [2.75, 3.05) is 19.6 Å². The number of amides is 1. The van der Waals surface area contributed by atoms with Crippen LogP contribution in [0.25, 0.3) is 11.5 Å². The number of benzene rings is 1. The number of nitrogens with zero attached hydrogens (tertiary/aromatic N) is 5. The lowest BCUT2D eigenvalue weighted by Crippen LogP contribution is -2.35. The molecule has 27 heavy (non-hydrogen) atoms. The molecular formula is C19H21N7O. The minimum atomic E-state index is -0.0128. The maximum absolute atomic E-state index is 12.3. The van der Waals surface area contributed by atoms with Gasteiger partial charge in [-0.15, -0.1) is 0 Å². The maximum atomic E-state index is 12.3. The molecule has 1 aliphatic heterocycles. The summed E-state index contributed by atoms with van der Waals surface area (Å²) in [6.45, 7) is 2.55. The lowest BCUT2D eigenvalue weighted by atomic mass is 9.99. The standard InChI is InChI=1S/C19H21N7O/c27-18(13-26-9-6-15(12-26)14-4-2-1-3-5-14)22-11-17-23-19(25-24-17)16-10-20-7-8-21-16/h1-5,7-8,10,15H,6,9,11-13H2,(H,22,27)(H,23,24,25)/t15-/m1/s1.